The van der Waals surface area contributed by atoms with E-state index in [1.165, 1.54) is 5.56 Å². The molecule has 2 N–H and O–H groups in total. The molecule has 59 valence electrons. The van der Waals surface area contributed by atoms with Crippen LogP contribution in [0.15, 0.2) is 30.3 Å². The number of hydrogen-bond acceptors (Lipinski definition) is 1. The molecule has 0 heterocycles. The molecular formula is C10H14N. The molecule has 11 heavy (non-hydrogen) atoms. The van der Waals surface area contributed by atoms with Crippen molar-refractivity contribution in [2.24, 2.45) is 5.73 Å². The monoisotopic (exact) mass is 148 g/mol. The Bertz CT molecular complexity index is 208. The lowest BCUT2D eigenvalue weighted by Crippen LogP contribution is -2.34. The van der Waals surface area contributed by atoms with Crippen LogP contribution in [0.5, 0.6) is 0 Å². The van der Waals surface area contributed by atoms with Crippen molar-refractivity contribution >= 4 is 0 Å². The number of nitrogens with two attached hydrogens (primary N) is 1. The quantitative estimate of drug-likeness (QED) is 0.679. The number of hydrogen-bond donors (Lipinski definition) is 1. The van der Waals surface area contributed by atoms with Gasteiger partial charge in [-0.25, -0.2) is 0 Å². The van der Waals surface area contributed by atoms with E-state index in [0.717, 1.165) is 6.42 Å². The molecule has 1 radical (unpaired) electrons. The fraction of sp³-hybridized carbons (Fsp3) is 0.300. The molecule has 0 saturated heterocycles. The molecule has 0 aromatic heterocycles. The molecule has 1 aromatic rings. The van der Waals surface area contributed by atoms with Crippen molar-refractivity contribution in [3.05, 3.63) is 42.8 Å². The molecule has 0 bridgehead atoms. The van der Waals surface area contributed by atoms with Gasteiger partial charge < -0.3 is 5.73 Å². The van der Waals surface area contributed by atoms with Gasteiger partial charge in [0.15, 0.2) is 0 Å². The lowest BCUT2D eigenvalue weighted by Gasteiger charge is -2.17. The van der Waals surface area contributed by atoms with Crippen molar-refractivity contribution in [3.8, 4) is 0 Å². The van der Waals surface area contributed by atoms with E-state index in [4.69, 9.17) is 5.73 Å². The first-order valence-electron chi connectivity index (χ1n) is 3.76. The second-order valence-electron chi connectivity index (χ2n) is 3.32. The zero-order chi connectivity index (χ0) is 8.32. The Morgan fingerprint density at radius 3 is 2.36 bits per heavy atom. The van der Waals surface area contributed by atoms with E-state index < -0.39 is 0 Å². The van der Waals surface area contributed by atoms with Gasteiger partial charge in [0.05, 0.1) is 0 Å². The van der Waals surface area contributed by atoms with Crippen LogP contribution in [-0.4, -0.2) is 5.54 Å². The molecule has 1 atom stereocenters. The summed E-state index contributed by atoms with van der Waals surface area (Å²) in [5, 5.41) is 0. The Kier molecular flexibility index (Phi) is 2.30. The first kappa shape index (κ1) is 8.28. The maximum absolute atomic E-state index is 5.76. The largest absolute Gasteiger partial charge is 0.325 e. The molecule has 0 amide bonds. The molecular weight excluding hydrogens is 134 g/mol. The summed E-state index contributed by atoms with van der Waals surface area (Å²) < 4.78 is 0. The Morgan fingerprint density at radius 2 is 1.91 bits per heavy atom. The van der Waals surface area contributed by atoms with E-state index in [1.54, 1.807) is 0 Å². The van der Waals surface area contributed by atoms with Crippen LogP contribution < -0.4 is 5.73 Å². The number of benzene rings is 1. The van der Waals surface area contributed by atoms with Crippen LogP contribution in [0.3, 0.4) is 0 Å². The molecule has 1 nitrogen and oxygen atoms in total. The summed E-state index contributed by atoms with van der Waals surface area (Å²) in [5.74, 6) is 0. The Hall–Kier alpha value is -0.820. The molecule has 1 aromatic carbocycles. The van der Waals surface area contributed by atoms with Gasteiger partial charge in [-0.3, -0.25) is 0 Å². The van der Waals surface area contributed by atoms with Crippen LogP contribution in [0.25, 0.3) is 0 Å². The van der Waals surface area contributed by atoms with Gasteiger partial charge in [0.1, 0.15) is 0 Å². The van der Waals surface area contributed by atoms with Crippen molar-refractivity contribution < 1.29 is 0 Å². The lowest BCUT2D eigenvalue weighted by molar-refractivity contribution is 0.577. The van der Waals surface area contributed by atoms with Crippen molar-refractivity contribution in [2.45, 2.75) is 18.9 Å². The van der Waals surface area contributed by atoms with Crippen molar-refractivity contribution in [1.29, 1.82) is 0 Å². The highest BCUT2D eigenvalue weighted by molar-refractivity contribution is 5.17. The van der Waals surface area contributed by atoms with Crippen molar-refractivity contribution in [3.63, 3.8) is 0 Å². The third-order valence-corrected chi connectivity index (χ3v) is 1.45. The van der Waals surface area contributed by atoms with Crippen LogP contribution in [0.1, 0.15) is 12.5 Å². The molecule has 0 spiro atoms. The van der Waals surface area contributed by atoms with E-state index in [-0.39, 0.29) is 5.54 Å². The van der Waals surface area contributed by atoms with E-state index >= 15 is 0 Å². The summed E-state index contributed by atoms with van der Waals surface area (Å²) in [6.07, 6.45) is 0.827. The molecule has 1 unspecified atom stereocenters. The summed E-state index contributed by atoms with van der Waals surface area (Å²) in [7, 11) is 0. The fourth-order valence-corrected chi connectivity index (χ4v) is 1.06. The maximum Gasteiger partial charge on any atom is 0.0167 e. The lowest BCUT2D eigenvalue weighted by atomic mass is 9.96. The van der Waals surface area contributed by atoms with Crippen LogP contribution in [0.4, 0.5) is 0 Å². The third kappa shape index (κ3) is 3.19. The standard InChI is InChI=1S/C10H14N/c1-10(2,11)8-9-6-4-3-5-7-9/h3-7H,1,8,11H2,2H3. The van der Waals surface area contributed by atoms with E-state index in [0.29, 0.717) is 0 Å². The molecule has 1 rings (SSSR count). The highest BCUT2D eigenvalue weighted by atomic mass is 14.7. The van der Waals surface area contributed by atoms with Gasteiger partial charge in [-0.05, 0) is 25.8 Å². The average Bonchev–Trinajstić information content (AvgIpc) is 1.85. The summed E-state index contributed by atoms with van der Waals surface area (Å²) >= 11 is 0. The van der Waals surface area contributed by atoms with Gasteiger partial charge >= 0.3 is 0 Å². The maximum atomic E-state index is 5.76. The van der Waals surface area contributed by atoms with E-state index in [2.05, 4.69) is 19.1 Å². The van der Waals surface area contributed by atoms with Gasteiger partial charge in [0.2, 0.25) is 0 Å². The molecule has 0 saturated carbocycles. The zero-order valence-electron chi connectivity index (χ0n) is 6.88. The van der Waals surface area contributed by atoms with Crippen molar-refractivity contribution in [2.75, 3.05) is 0 Å². The third-order valence-electron chi connectivity index (χ3n) is 1.45. The minimum atomic E-state index is -0.346. The average molecular weight is 148 g/mol. The highest BCUT2D eigenvalue weighted by Gasteiger charge is 2.10. The molecule has 0 aliphatic rings. The Labute approximate surface area is 68.2 Å². The summed E-state index contributed by atoms with van der Waals surface area (Å²) in [4.78, 5) is 0. The Morgan fingerprint density at radius 1 is 1.36 bits per heavy atom. The number of rotatable bonds is 2. The molecule has 1 heteroatoms. The minimum absolute atomic E-state index is 0.346. The first-order chi connectivity index (χ1) is 5.08. The molecule has 0 aliphatic heterocycles. The van der Waals surface area contributed by atoms with E-state index in [9.17, 15) is 0 Å². The zero-order valence-corrected chi connectivity index (χ0v) is 6.88. The minimum Gasteiger partial charge on any atom is -0.325 e. The SMILES string of the molecule is [CH2]C(C)(N)Cc1ccccc1. The summed E-state index contributed by atoms with van der Waals surface area (Å²) in [6.45, 7) is 5.77. The first-order valence-corrected chi connectivity index (χ1v) is 3.76. The van der Waals surface area contributed by atoms with Crippen LogP contribution in [-0.2, 0) is 6.42 Å². The van der Waals surface area contributed by atoms with Crippen molar-refractivity contribution in [1.82, 2.24) is 0 Å². The van der Waals surface area contributed by atoms with Crippen LogP contribution in [0.2, 0.25) is 0 Å². The molecule has 0 fully saturated rings. The van der Waals surface area contributed by atoms with Gasteiger partial charge in [0.25, 0.3) is 0 Å². The predicted molar refractivity (Wildman–Crippen MR) is 48.1 cm³/mol. The summed E-state index contributed by atoms with van der Waals surface area (Å²) in [5.41, 5.74) is 6.65. The normalized spacial score (nSPS) is 11.5. The smallest absolute Gasteiger partial charge is 0.0167 e. The summed E-state index contributed by atoms with van der Waals surface area (Å²) in [6, 6.07) is 10.2. The van der Waals surface area contributed by atoms with E-state index in [1.807, 2.05) is 25.1 Å². The van der Waals surface area contributed by atoms with Crippen LogP contribution in [0, 0.1) is 6.92 Å². The topological polar surface area (TPSA) is 26.0 Å². The van der Waals surface area contributed by atoms with Crippen LogP contribution >= 0.6 is 0 Å². The predicted octanol–water partition coefficient (Wildman–Crippen LogP) is 1.78. The van der Waals surface area contributed by atoms with Gasteiger partial charge in [-0.2, -0.15) is 0 Å². The Balaban J connectivity index is 2.66. The fourth-order valence-electron chi connectivity index (χ4n) is 1.06. The van der Waals surface area contributed by atoms with Gasteiger partial charge in [-0.15, -0.1) is 0 Å². The highest BCUT2D eigenvalue weighted by Crippen LogP contribution is 2.08. The molecule has 0 aliphatic carbocycles. The second kappa shape index (κ2) is 3.05. The second-order valence-corrected chi connectivity index (χ2v) is 3.32. The van der Waals surface area contributed by atoms with Gasteiger partial charge in [0, 0.05) is 5.54 Å². The van der Waals surface area contributed by atoms with Gasteiger partial charge in [-0.1, -0.05) is 30.3 Å².